The summed E-state index contributed by atoms with van der Waals surface area (Å²) >= 11 is 0. The van der Waals surface area contributed by atoms with E-state index >= 15 is 0 Å². The molecule has 0 radical (unpaired) electrons. The fourth-order valence-corrected chi connectivity index (χ4v) is 3.48. The van der Waals surface area contributed by atoms with Crippen LogP contribution in [0.25, 0.3) is 0 Å². The van der Waals surface area contributed by atoms with Gasteiger partial charge in [-0.05, 0) is 55.5 Å². The fourth-order valence-electron chi connectivity index (χ4n) is 3.48. The van der Waals surface area contributed by atoms with Gasteiger partial charge in [-0.1, -0.05) is 6.92 Å². The van der Waals surface area contributed by atoms with Crippen molar-refractivity contribution in [3.63, 3.8) is 0 Å². The van der Waals surface area contributed by atoms with Gasteiger partial charge in [0.15, 0.2) is 5.78 Å². The molecule has 0 saturated carbocycles. The van der Waals surface area contributed by atoms with Crippen molar-refractivity contribution in [3.8, 4) is 0 Å². The van der Waals surface area contributed by atoms with Crippen LogP contribution in [0, 0.1) is 5.92 Å². The number of ketones is 1. The van der Waals surface area contributed by atoms with Crippen LogP contribution in [0.1, 0.15) is 58.5 Å². The number of amides is 1. The molecule has 1 saturated heterocycles. The highest BCUT2D eigenvalue weighted by atomic mass is 16.2. The Kier molecular flexibility index (Phi) is 3.81. The Morgan fingerprint density at radius 1 is 1.43 bits per heavy atom. The summed E-state index contributed by atoms with van der Waals surface area (Å²) in [5, 5.41) is 2.81. The van der Waals surface area contributed by atoms with E-state index in [2.05, 4.69) is 17.1 Å². The third kappa shape index (κ3) is 2.86. The van der Waals surface area contributed by atoms with Crippen molar-refractivity contribution < 1.29 is 9.59 Å². The van der Waals surface area contributed by atoms with E-state index in [0.717, 1.165) is 36.7 Å². The molecule has 1 amide bonds. The standard InChI is InChI=1S/C17H22N2O2/c1-11-4-3-5-19(9-11)10-13-6-14(12(2)20)16-8-18-17(21)15(16)7-13/h6-7,11H,3-5,8-10H2,1-2H3,(H,18,21)/t11-/m0/s1. The summed E-state index contributed by atoms with van der Waals surface area (Å²) in [7, 11) is 0. The smallest absolute Gasteiger partial charge is 0.251 e. The molecule has 3 rings (SSSR count). The maximum atomic E-state index is 11.9. The summed E-state index contributed by atoms with van der Waals surface area (Å²) in [6, 6.07) is 3.93. The molecule has 2 heterocycles. The normalized spacial score (nSPS) is 22.0. The lowest BCUT2D eigenvalue weighted by Gasteiger charge is -2.31. The molecule has 1 fully saturated rings. The molecule has 1 N–H and O–H groups in total. The van der Waals surface area contributed by atoms with Gasteiger partial charge in [0.25, 0.3) is 5.91 Å². The Labute approximate surface area is 125 Å². The van der Waals surface area contributed by atoms with E-state index in [9.17, 15) is 9.59 Å². The molecule has 1 atom stereocenters. The van der Waals surface area contributed by atoms with Crippen molar-refractivity contribution in [2.24, 2.45) is 5.92 Å². The van der Waals surface area contributed by atoms with Crippen molar-refractivity contribution in [2.75, 3.05) is 13.1 Å². The lowest BCUT2D eigenvalue weighted by molar-refractivity contribution is 0.0964. The van der Waals surface area contributed by atoms with E-state index in [0.29, 0.717) is 17.7 Å². The van der Waals surface area contributed by atoms with Crippen LogP contribution in [-0.4, -0.2) is 29.7 Å². The Morgan fingerprint density at radius 2 is 2.24 bits per heavy atom. The van der Waals surface area contributed by atoms with Crippen molar-refractivity contribution in [1.82, 2.24) is 10.2 Å². The Hall–Kier alpha value is -1.68. The molecule has 2 aliphatic rings. The predicted molar refractivity (Wildman–Crippen MR) is 81.3 cm³/mol. The third-order valence-electron chi connectivity index (χ3n) is 4.51. The molecule has 4 heteroatoms. The third-order valence-corrected chi connectivity index (χ3v) is 4.51. The van der Waals surface area contributed by atoms with Crippen LogP contribution >= 0.6 is 0 Å². The van der Waals surface area contributed by atoms with E-state index in [1.165, 1.54) is 12.8 Å². The average molecular weight is 286 g/mol. The zero-order chi connectivity index (χ0) is 15.0. The maximum absolute atomic E-state index is 11.9. The van der Waals surface area contributed by atoms with E-state index in [4.69, 9.17) is 0 Å². The van der Waals surface area contributed by atoms with Crippen LogP contribution in [0.4, 0.5) is 0 Å². The van der Waals surface area contributed by atoms with Crippen LogP contribution in [-0.2, 0) is 13.1 Å². The number of nitrogens with zero attached hydrogens (tertiary/aromatic N) is 1. The molecular weight excluding hydrogens is 264 g/mol. The van der Waals surface area contributed by atoms with Crippen molar-refractivity contribution in [2.45, 2.75) is 39.8 Å². The molecule has 1 aromatic rings. The highest BCUT2D eigenvalue weighted by molar-refractivity contribution is 6.04. The molecule has 0 aliphatic carbocycles. The first kappa shape index (κ1) is 14.3. The average Bonchev–Trinajstić information content (AvgIpc) is 2.80. The van der Waals surface area contributed by atoms with Crippen LogP contribution in [0.15, 0.2) is 12.1 Å². The first-order valence-electron chi connectivity index (χ1n) is 7.72. The van der Waals surface area contributed by atoms with Gasteiger partial charge in [-0.25, -0.2) is 0 Å². The number of carbonyl (C=O) groups excluding carboxylic acids is 2. The molecule has 0 unspecified atom stereocenters. The van der Waals surface area contributed by atoms with Gasteiger partial charge in [-0.15, -0.1) is 0 Å². The first-order chi connectivity index (χ1) is 10.0. The Bertz CT molecular complexity index is 595. The molecule has 0 aromatic heterocycles. The van der Waals surface area contributed by atoms with Crippen molar-refractivity contribution in [3.05, 3.63) is 34.4 Å². The van der Waals surface area contributed by atoms with Gasteiger partial charge in [-0.2, -0.15) is 0 Å². The number of hydrogen-bond acceptors (Lipinski definition) is 3. The summed E-state index contributed by atoms with van der Waals surface area (Å²) < 4.78 is 0. The second kappa shape index (κ2) is 5.60. The monoisotopic (exact) mass is 286 g/mol. The van der Waals surface area contributed by atoms with E-state index in [1.807, 2.05) is 12.1 Å². The molecule has 112 valence electrons. The summed E-state index contributed by atoms with van der Waals surface area (Å²) in [4.78, 5) is 26.2. The second-order valence-electron chi connectivity index (χ2n) is 6.39. The number of hydrogen-bond donors (Lipinski definition) is 1. The molecule has 0 bridgehead atoms. The minimum absolute atomic E-state index is 0.0385. The first-order valence-corrected chi connectivity index (χ1v) is 7.72. The zero-order valence-electron chi connectivity index (χ0n) is 12.7. The zero-order valence-corrected chi connectivity index (χ0v) is 12.7. The molecule has 2 aliphatic heterocycles. The molecular formula is C17H22N2O2. The number of nitrogens with one attached hydrogen (secondary N) is 1. The highest BCUT2D eigenvalue weighted by Gasteiger charge is 2.25. The number of rotatable bonds is 3. The second-order valence-corrected chi connectivity index (χ2v) is 6.39. The Balaban J connectivity index is 1.89. The number of piperidine rings is 1. The minimum atomic E-state index is -0.0543. The molecule has 0 spiro atoms. The van der Waals surface area contributed by atoms with Gasteiger partial charge in [-0.3, -0.25) is 14.5 Å². The number of benzene rings is 1. The van der Waals surface area contributed by atoms with E-state index in [-0.39, 0.29) is 11.7 Å². The number of Topliss-reactive ketones (excluding diaryl/α,β-unsaturated/α-hetero) is 1. The topological polar surface area (TPSA) is 49.4 Å². The van der Waals surface area contributed by atoms with Gasteiger partial charge in [0.05, 0.1) is 0 Å². The molecule has 4 nitrogen and oxygen atoms in total. The summed E-state index contributed by atoms with van der Waals surface area (Å²) in [6.07, 6.45) is 2.52. The van der Waals surface area contributed by atoms with Gasteiger partial charge < -0.3 is 5.32 Å². The molecule has 21 heavy (non-hydrogen) atoms. The lowest BCUT2D eigenvalue weighted by atomic mass is 9.95. The fraction of sp³-hybridized carbons (Fsp3) is 0.529. The highest BCUT2D eigenvalue weighted by Crippen LogP contribution is 2.25. The Morgan fingerprint density at radius 3 is 2.95 bits per heavy atom. The largest absolute Gasteiger partial charge is 0.348 e. The van der Waals surface area contributed by atoms with Crippen molar-refractivity contribution >= 4 is 11.7 Å². The number of likely N-dealkylation sites (tertiary alicyclic amines) is 1. The van der Waals surface area contributed by atoms with Gasteiger partial charge in [0.2, 0.25) is 0 Å². The predicted octanol–water partition coefficient (Wildman–Crippen LogP) is 2.36. The number of fused-ring (bicyclic) bond motifs is 1. The van der Waals surface area contributed by atoms with Crippen LogP contribution in [0.2, 0.25) is 0 Å². The quantitative estimate of drug-likeness (QED) is 0.868. The van der Waals surface area contributed by atoms with Crippen molar-refractivity contribution in [1.29, 1.82) is 0 Å². The van der Waals surface area contributed by atoms with Crippen LogP contribution < -0.4 is 5.32 Å². The molecule has 1 aromatic carbocycles. The summed E-state index contributed by atoms with van der Waals surface area (Å²) in [5.41, 5.74) is 3.32. The van der Waals surface area contributed by atoms with Crippen LogP contribution in [0.3, 0.4) is 0 Å². The number of carbonyl (C=O) groups is 2. The van der Waals surface area contributed by atoms with E-state index in [1.54, 1.807) is 6.92 Å². The van der Waals surface area contributed by atoms with Gasteiger partial charge in [0, 0.05) is 30.8 Å². The minimum Gasteiger partial charge on any atom is -0.348 e. The maximum Gasteiger partial charge on any atom is 0.251 e. The lowest BCUT2D eigenvalue weighted by Crippen LogP contribution is -2.33. The van der Waals surface area contributed by atoms with Gasteiger partial charge >= 0.3 is 0 Å². The summed E-state index contributed by atoms with van der Waals surface area (Å²) in [6.45, 7) is 7.35. The van der Waals surface area contributed by atoms with Crippen LogP contribution in [0.5, 0.6) is 0 Å². The SMILES string of the molecule is CC(=O)c1cc(CN2CCC[C@H](C)C2)cc2c1CNC2=O. The summed E-state index contributed by atoms with van der Waals surface area (Å²) in [5.74, 6) is 0.710. The van der Waals surface area contributed by atoms with E-state index < -0.39 is 0 Å². The van der Waals surface area contributed by atoms with Gasteiger partial charge in [0.1, 0.15) is 0 Å².